The maximum atomic E-state index is 12.8. The number of halogens is 2. The molecule has 1 aliphatic heterocycles. The molecule has 0 bridgehead atoms. The van der Waals surface area contributed by atoms with Gasteiger partial charge >= 0.3 is 0 Å². The third kappa shape index (κ3) is 3.99. The molecule has 1 aliphatic rings. The highest BCUT2D eigenvalue weighted by molar-refractivity contribution is 6.40. The van der Waals surface area contributed by atoms with Gasteiger partial charge in [-0.15, -0.1) is 0 Å². The third-order valence-electron chi connectivity index (χ3n) is 5.26. The molecule has 4 rings (SSSR count). The average Bonchev–Trinajstić information content (AvgIpc) is 2.70. The molecule has 0 spiro atoms. The number of nitrogens with zero attached hydrogens (tertiary/aromatic N) is 3. The standard InChI is InChI=1S/C22H21Cl2N5O/c1-12-8-13(9-14-11-29(2)7-6-15(12)14)18-10-26-21(25)20(27-18)22(30)28-19-16(23)4-3-5-17(19)24/h3-5,8-10H,6-7,11H2,1-2H3,(H2,25,26)(H,28,30). The number of hydrogen-bond donors (Lipinski definition) is 2. The van der Waals surface area contributed by atoms with Crippen molar-refractivity contribution in [3.05, 3.63) is 69.0 Å². The molecule has 0 aliphatic carbocycles. The van der Waals surface area contributed by atoms with Gasteiger partial charge in [0.05, 0.1) is 27.6 Å². The lowest BCUT2D eigenvalue weighted by molar-refractivity contribution is 0.102. The van der Waals surface area contributed by atoms with Gasteiger partial charge in [0, 0.05) is 18.7 Å². The van der Waals surface area contributed by atoms with E-state index in [9.17, 15) is 4.79 Å². The van der Waals surface area contributed by atoms with Crippen LogP contribution in [0.2, 0.25) is 10.0 Å². The molecule has 2 heterocycles. The lowest BCUT2D eigenvalue weighted by Gasteiger charge is -2.27. The predicted molar refractivity (Wildman–Crippen MR) is 121 cm³/mol. The van der Waals surface area contributed by atoms with Crippen molar-refractivity contribution in [3.8, 4) is 11.3 Å². The van der Waals surface area contributed by atoms with E-state index in [1.807, 2.05) is 0 Å². The number of carbonyl (C=O) groups excluding carboxylic acids is 1. The Morgan fingerprint density at radius 2 is 1.97 bits per heavy atom. The van der Waals surface area contributed by atoms with Crippen LogP contribution in [0.25, 0.3) is 11.3 Å². The van der Waals surface area contributed by atoms with Gasteiger partial charge in [0.15, 0.2) is 11.5 Å². The second kappa shape index (κ2) is 8.22. The van der Waals surface area contributed by atoms with Crippen LogP contribution in [-0.2, 0) is 13.0 Å². The Kier molecular flexibility index (Phi) is 5.64. The summed E-state index contributed by atoms with van der Waals surface area (Å²) in [6.45, 7) is 4.03. The highest BCUT2D eigenvalue weighted by Crippen LogP contribution is 2.31. The van der Waals surface area contributed by atoms with Crippen molar-refractivity contribution in [2.45, 2.75) is 19.9 Å². The maximum Gasteiger partial charge on any atom is 0.278 e. The summed E-state index contributed by atoms with van der Waals surface area (Å²) in [6, 6.07) is 9.18. The summed E-state index contributed by atoms with van der Waals surface area (Å²) in [5.41, 5.74) is 11.6. The number of aromatic nitrogens is 2. The SMILES string of the molecule is Cc1cc(-c2cnc(N)c(C(=O)Nc3c(Cl)cccc3Cl)n2)cc2c1CCN(C)C2. The van der Waals surface area contributed by atoms with E-state index in [1.165, 1.54) is 16.7 Å². The number of amides is 1. The zero-order valence-corrected chi connectivity index (χ0v) is 18.2. The Bertz CT molecular complexity index is 1130. The first kappa shape index (κ1) is 20.6. The van der Waals surface area contributed by atoms with Gasteiger partial charge in [-0.2, -0.15) is 0 Å². The largest absolute Gasteiger partial charge is 0.382 e. The summed E-state index contributed by atoms with van der Waals surface area (Å²) in [5.74, 6) is -0.486. The first-order chi connectivity index (χ1) is 14.3. The van der Waals surface area contributed by atoms with Crippen molar-refractivity contribution in [2.75, 3.05) is 24.6 Å². The molecule has 0 radical (unpaired) electrons. The number of para-hydroxylation sites is 1. The molecule has 8 heteroatoms. The van der Waals surface area contributed by atoms with Gasteiger partial charge in [0.25, 0.3) is 5.91 Å². The number of anilines is 2. The van der Waals surface area contributed by atoms with Crippen LogP contribution in [0.4, 0.5) is 11.5 Å². The first-order valence-corrected chi connectivity index (χ1v) is 10.3. The molecule has 0 atom stereocenters. The van der Waals surface area contributed by atoms with Crippen LogP contribution in [0.5, 0.6) is 0 Å². The summed E-state index contributed by atoms with van der Waals surface area (Å²) in [4.78, 5) is 23.8. The molecule has 0 saturated carbocycles. The molecule has 0 unspecified atom stereocenters. The van der Waals surface area contributed by atoms with E-state index in [1.54, 1.807) is 24.4 Å². The van der Waals surface area contributed by atoms with Crippen LogP contribution in [0.1, 0.15) is 27.2 Å². The van der Waals surface area contributed by atoms with E-state index in [0.29, 0.717) is 21.4 Å². The lowest BCUT2D eigenvalue weighted by Crippen LogP contribution is -2.27. The number of nitrogens with one attached hydrogen (secondary N) is 1. The number of rotatable bonds is 3. The Hall–Kier alpha value is -2.67. The molecule has 30 heavy (non-hydrogen) atoms. The second-order valence-electron chi connectivity index (χ2n) is 7.46. The third-order valence-corrected chi connectivity index (χ3v) is 5.89. The minimum atomic E-state index is -0.522. The fourth-order valence-corrected chi connectivity index (χ4v) is 4.20. The van der Waals surface area contributed by atoms with Crippen molar-refractivity contribution in [2.24, 2.45) is 0 Å². The van der Waals surface area contributed by atoms with Gasteiger partial charge in [-0.3, -0.25) is 4.79 Å². The number of nitrogen functional groups attached to an aromatic ring is 1. The van der Waals surface area contributed by atoms with Crippen LogP contribution in [0, 0.1) is 6.92 Å². The minimum absolute atomic E-state index is 0.0241. The zero-order valence-electron chi connectivity index (χ0n) is 16.7. The summed E-state index contributed by atoms with van der Waals surface area (Å²) < 4.78 is 0. The van der Waals surface area contributed by atoms with E-state index in [-0.39, 0.29) is 11.5 Å². The predicted octanol–water partition coefficient (Wildman–Crippen LogP) is 4.58. The van der Waals surface area contributed by atoms with Crippen molar-refractivity contribution in [3.63, 3.8) is 0 Å². The molecule has 6 nitrogen and oxygen atoms in total. The second-order valence-corrected chi connectivity index (χ2v) is 8.27. The summed E-state index contributed by atoms with van der Waals surface area (Å²) in [6.07, 6.45) is 2.61. The van der Waals surface area contributed by atoms with Gasteiger partial charge in [-0.25, -0.2) is 9.97 Å². The Morgan fingerprint density at radius 3 is 2.70 bits per heavy atom. The van der Waals surface area contributed by atoms with Crippen molar-refractivity contribution >= 4 is 40.6 Å². The lowest BCUT2D eigenvalue weighted by atomic mass is 9.92. The topological polar surface area (TPSA) is 84.1 Å². The smallest absolute Gasteiger partial charge is 0.278 e. The molecule has 3 N–H and O–H groups in total. The van der Waals surface area contributed by atoms with Crippen LogP contribution in [-0.4, -0.2) is 34.4 Å². The van der Waals surface area contributed by atoms with Gasteiger partial charge in [0.1, 0.15) is 0 Å². The number of benzene rings is 2. The molecule has 1 amide bonds. The van der Waals surface area contributed by atoms with Crippen LogP contribution in [0.15, 0.2) is 36.5 Å². The normalized spacial score (nSPS) is 13.7. The Balaban J connectivity index is 1.70. The summed E-state index contributed by atoms with van der Waals surface area (Å²) in [7, 11) is 2.11. The molecule has 2 aromatic carbocycles. The molecule has 1 aromatic heterocycles. The Labute approximate surface area is 185 Å². The number of aryl methyl sites for hydroxylation is 1. The fourth-order valence-electron chi connectivity index (χ4n) is 3.70. The highest BCUT2D eigenvalue weighted by atomic mass is 35.5. The first-order valence-electron chi connectivity index (χ1n) is 9.52. The summed E-state index contributed by atoms with van der Waals surface area (Å²) >= 11 is 12.3. The molecular formula is C22H21Cl2N5O. The van der Waals surface area contributed by atoms with Crippen LogP contribution < -0.4 is 11.1 Å². The van der Waals surface area contributed by atoms with Gasteiger partial charge < -0.3 is 16.0 Å². The average molecular weight is 442 g/mol. The summed E-state index contributed by atoms with van der Waals surface area (Å²) in [5, 5.41) is 3.34. The highest BCUT2D eigenvalue weighted by Gasteiger charge is 2.20. The van der Waals surface area contributed by atoms with E-state index in [4.69, 9.17) is 28.9 Å². The quantitative estimate of drug-likeness (QED) is 0.620. The van der Waals surface area contributed by atoms with Gasteiger partial charge in [-0.1, -0.05) is 29.3 Å². The molecule has 0 saturated heterocycles. The number of likely N-dealkylation sites (N-methyl/N-ethyl adjacent to an activating group) is 1. The van der Waals surface area contributed by atoms with E-state index in [0.717, 1.165) is 25.1 Å². The van der Waals surface area contributed by atoms with Gasteiger partial charge in [0.2, 0.25) is 0 Å². The monoisotopic (exact) mass is 441 g/mol. The number of carbonyl (C=O) groups is 1. The molecule has 3 aromatic rings. The van der Waals surface area contributed by atoms with Gasteiger partial charge in [-0.05, 0) is 61.3 Å². The number of nitrogens with two attached hydrogens (primary N) is 1. The molecule has 0 fully saturated rings. The minimum Gasteiger partial charge on any atom is -0.382 e. The van der Waals surface area contributed by atoms with Crippen molar-refractivity contribution < 1.29 is 4.79 Å². The zero-order chi connectivity index (χ0) is 21.4. The van der Waals surface area contributed by atoms with E-state index >= 15 is 0 Å². The molecule has 154 valence electrons. The maximum absolute atomic E-state index is 12.8. The van der Waals surface area contributed by atoms with E-state index < -0.39 is 5.91 Å². The fraction of sp³-hybridized carbons (Fsp3) is 0.227. The molecular weight excluding hydrogens is 421 g/mol. The van der Waals surface area contributed by atoms with Crippen molar-refractivity contribution in [1.82, 2.24) is 14.9 Å². The number of hydrogen-bond acceptors (Lipinski definition) is 5. The van der Waals surface area contributed by atoms with Crippen LogP contribution in [0.3, 0.4) is 0 Å². The number of fused-ring (bicyclic) bond motifs is 1. The van der Waals surface area contributed by atoms with E-state index in [2.05, 4.69) is 46.3 Å². The van der Waals surface area contributed by atoms with Crippen LogP contribution >= 0.6 is 23.2 Å². The van der Waals surface area contributed by atoms with Crippen molar-refractivity contribution in [1.29, 1.82) is 0 Å². The Morgan fingerprint density at radius 1 is 1.23 bits per heavy atom.